The molecule has 2 aromatic carbocycles. The van der Waals surface area contributed by atoms with Crippen LogP contribution in [0.25, 0.3) is 0 Å². The minimum Gasteiger partial charge on any atom is -0.0787 e. The molecule has 0 fully saturated rings. The Morgan fingerprint density at radius 3 is 1.33 bits per heavy atom. The van der Waals surface area contributed by atoms with E-state index in [-0.39, 0.29) is 3.95 Å². The van der Waals surface area contributed by atoms with Crippen molar-refractivity contribution in [3.63, 3.8) is 0 Å². The molecule has 0 bridgehead atoms. The van der Waals surface area contributed by atoms with Crippen LogP contribution in [0.4, 0.5) is 0 Å². The minimum atomic E-state index is -1.48. The smallest absolute Gasteiger partial charge is 0.0746 e. The fraction of sp³-hybridized carbons (Fsp3) is 0.250. The predicted molar refractivity (Wildman–Crippen MR) is 85.9 cm³/mol. The minimum absolute atomic E-state index is 0.0253. The van der Waals surface area contributed by atoms with Gasteiger partial charge in [-0.05, 0) is 11.1 Å². The number of hydrogen-bond donors (Lipinski definition) is 0. The molecule has 0 aliphatic heterocycles. The molecule has 0 nitrogen and oxygen atoms in total. The first-order chi connectivity index (χ1) is 8.46. The second kappa shape index (κ2) is 5.02. The van der Waals surface area contributed by atoms with Gasteiger partial charge in [-0.15, -0.1) is 0 Å². The summed E-state index contributed by atoms with van der Waals surface area (Å²) in [6.07, 6.45) is 0. The normalized spacial score (nSPS) is 12.4. The number of rotatable bonds is 3. The number of hydrogen-bond acceptors (Lipinski definition) is 0. The quantitative estimate of drug-likeness (QED) is 0.538. The van der Waals surface area contributed by atoms with E-state index in [1.807, 2.05) is 0 Å². The van der Waals surface area contributed by atoms with Crippen molar-refractivity contribution in [2.75, 3.05) is 0 Å². The Hall–Kier alpha value is -0.863. The molecule has 2 aromatic rings. The fourth-order valence-corrected chi connectivity index (χ4v) is 4.96. The van der Waals surface area contributed by atoms with Crippen molar-refractivity contribution in [1.82, 2.24) is 0 Å². The van der Waals surface area contributed by atoms with E-state index >= 15 is 0 Å². The maximum atomic E-state index is 4.08. The number of halogens is 1. The van der Waals surface area contributed by atoms with Crippen molar-refractivity contribution in [3.8, 4) is 0 Å². The van der Waals surface area contributed by atoms with Gasteiger partial charge in [0.25, 0.3) is 0 Å². The molecule has 0 saturated heterocycles. The van der Waals surface area contributed by atoms with Gasteiger partial charge in [-0.3, -0.25) is 0 Å². The van der Waals surface area contributed by atoms with Crippen LogP contribution in [-0.4, -0.2) is 8.07 Å². The lowest BCUT2D eigenvalue weighted by atomic mass is 10.0. The van der Waals surface area contributed by atoms with Crippen LogP contribution in [0.3, 0.4) is 0 Å². The van der Waals surface area contributed by atoms with Gasteiger partial charge in [0, 0.05) is 0 Å². The number of alkyl halides is 1. The average Bonchev–Trinajstić information content (AvgIpc) is 2.38. The molecule has 18 heavy (non-hydrogen) atoms. The molecular formula is C16H19BrSi. The highest BCUT2D eigenvalue weighted by Gasteiger charge is 2.43. The standard InChI is InChI=1S/C16H19BrSi/c1-18(2,3)16(17,14-10-6-4-7-11-14)15-12-8-5-9-13-15/h4-13H,1-3H3. The monoisotopic (exact) mass is 318 g/mol. The SMILES string of the molecule is C[Si](C)(C)C(Br)(c1ccccc1)c1ccccc1. The van der Waals surface area contributed by atoms with Crippen molar-refractivity contribution >= 4 is 24.0 Å². The van der Waals surface area contributed by atoms with Gasteiger partial charge < -0.3 is 0 Å². The van der Waals surface area contributed by atoms with Crippen molar-refractivity contribution in [2.45, 2.75) is 23.6 Å². The molecule has 0 aromatic heterocycles. The van der Waals surface area contributed by atoms with Crippen LogP contribution in [0, 0.1) is 0 Å². The summed E-state index contributed by atoms with van der Waals surface area (Å²) >= 11 is 4.08. The molecule has 0 aliphatic rings. The molecule has 2 heteroatoms. The van der Waals surface area contributed by atoms with E-state index in [1.165, 1.54) is 11.1 Å². The molecule has 0 atom stereocenters. The van der Waals surface area contributed by atoms with E-state index in [1.54, 1.807) is 0 Å². The summed E-state index contributed by atoms with van der Waals surface area (Å²) in [5, 5.41) is 0. The zero-order valence-corrected chi connectivity index (χ0v) is 13.7. The molecule has 2 rings (SSSR count). The first kappa shape index (κ1) is 13.6. The van der Waals surface area contributed by atoms with Crippen LogP contribution in [0.1, 0.15) is 11.1 Å². The van der Waals surface area contributed by atoms with Crippen LogP contribution in [0.15, 0.2) is 60.7 Å². The van der Waals surface area contributed by atoms with Crippen molar-refractivity contribution in [3.05, 3.63) is 71.8 Å². The molecular weight excluding hydrogens is 300 g/mol. The first-order valence-corrected chi connectivity index (χ1v) is 10.6. The van der Waals surface area contributed by atoms with Crippen molar-refractivity contribution in [2.24, 2.45) is 0 Å². The molecule has 0 spiro atoms. The highest BCUT2D eigenvalue weighted by molar-refractivity contribution is 9.10. The van der Waals surface area contributed by atoms with Gasteiger partial charge in [-0.25, -0.2) is 0 Å². The maximum absolute atomic E-state index is 4.08. The van der Waals surface area contributed by atoms with Gasteiger partial charge in [-0.1, -0.05) is 96.2 Å². The molecule has 94 valence electrons. The summed E-state index contributed by atoms with van der Waals surface area (Å²) in [5.74, 6) is 0. The van der Waals surface area contributed by atoms with Crippen molar-refractivity contribution in [1.29, 1.82) is 0 Å². The van der Waals surface area contributed by atoms with Gasteiger partial charge in [-0.2, -0.15) is 0 Å². The largest absolute Gasteiger partial charge is 0.0787 e. The molecule has 0 unspecified atom stereocenters. The fourth-order valence-electron chi connectivity index (χ4n) is 2.37. The van der Waals surface area contributed by atoms with E-state index in [4.69, 9.17) is 0 Å². The Balaban J connectivity index is 2.63. The first-order valence-electron chi connectivity index (χ1n) is 6.26. The summed E-state index contributed by atoms with van der Waals surface area (Å²) in [4.78, 5) is 0. The topological polar surface area (TPSA) is 0 Å². The maximum Gasteiger partial charge on any atom is 0.0746 e. The lowest BCUT2D eigenvalue weighted by Gasteiger charge is -2.39. The Kier molecular flexibility index (Phi) is 3.78. The van der Waals surface area contributed by atoms with Gasteiger partial charge in [0.15, 0.2) is 0 Å². The second-order valence-electron chi connectivity index (χ2n) is 5.64. The zero-order chi connectivity index (χ0) is 13.2. The third-order valence-corrected chi connectivity index (χ3v) is 10.5. The molecule has 0 amide bonds. The van der Waals surface area contributed by atoms with Gasteiger partial charge in [0.05, 0.1) is 12.0 Å². The lowest BCUT2D eigenvalue weighted by molar-refractivity contribution is 1.01. The molecule has 0 N–H and O–H groups in total. The van der Waals surface area contributed by atoms with Crippen LogP contribution in [0.2, 0.25) is 19.6 Å². The third kappa shape index (κ3) is 2.32. The summed E-state index contributed by atoms with van der Waals surface area (Å²) in [5.41, 5.74) is 2.71. The van der Waals surface area contributed by atoms with E-state index in [9.17, 15) is 0 Å². The highest BCUT2D eigenvalue weighted by Crippen LogP contribution is 2.45. The van der Waals surface area contributed by atoms with Gasteiger partial charge in [0.1, 0.15) is 0 Å². The third-order valence-electron chi connectivity index (χ3n) is 3.38. The van der Waals surface area contributed by atoms with E-state index < -0.39 is 8.07 Å². The Morgan fingerprint density at radius 2 is 1.06 bits per heavy atom. The van der Waals surface area contributed by atoms with Crippen molar-refractivity contribution < 1.29 is 0 Å². The van der Waals surface area contributed by atoms with Crippen LogP contribution < -0.4 is 0 Å². The molecule has 0 aliphatic carbocycles. The van der Waals surface area contributed by atoms with Crippen LogP contribution >= 0.6 is 15.9 Å². The molecule has 0 heterocycles. The average molecular weight is 319 g/mol. The molecule has 0 saturated carbocycles. The second-order valence-corrected chi connectivity index (χ2v) is 12.8. The Labute approximate surface area is 119 Å². The highest BCUT2D eigenvalue weighted by atomic mass is 79.9. The Morgan fingerprint density at radius 1 is 0.722 bits per heavy atom. The number of benzene rings is 2. The van der Waals surface area contributed by atoms with Gasteiger partial charge in [0.2, 0.25) is 0 Å². The summed E-state index contributed by atoms with van der Waals surface area (Å²) in [6, 6.07) is 21.5. The summed E-state index contributed by atoms with van der Waals surface area (Å²) < 4.78 is -0.0253. The Bertz CT molecular complexity index is 460. The van der Waals surface area contributed by atoms with E-state index in [2.05, 4.69) is 96.2 Å². The lowest BCUT2D eigenvalue weighted by Crippen LogP contribution is -2.45. The summed E-state index contributed by atoms with van der Waals surface area (Å²) in [6.45, 7) is 7.21. The van der Waals surface area contributed by atoms with E-state index in [0.717, 1.165) is 0 Å². The summed E-state index contributed by atoms with van der Waals surface area (Å²) in [7, 11) is -1.48. The van der Waals surface area contributed by atoms with E-state index in [0.29, 0.717) is 0 Å². The van der Waals surface area contributed by atoms with Crippen LogP contribution in [-0.2, 0) is 3.95 Å². The van der Waals surface area contributed by atoms with Gasteiger partial charge >= 0.3 is 0 Å². The van der Waals surface area contributed by atoms with Crippen LogP contribution in [0.5, 0.6) is 0 Å². The predicted octanol–water partition coefficient (Wildman–Crippen LogP) is 5.20. The molecule has 0 radical (unpaired) electrons. The zero-order valence-electron chi connectivity index (χ0n) is 11.2.